The Balaban J connectivity index is 1.78. The van der Waals surface area contributed by atoms with Crippen LogP contribution in [0.5, 0.6) is 0 Å². The van der Waals surface area contributed by atoms with Crippen molar-refractivity contribution in [1.29, 1.82) is 0 Å². The fraction of sp³-hybridized carbons (Fsp3) is 0.462. The minimum atomic E-state index is -4.36. The zero-order chi connectivity index (χ0) is 16.6. The molecule has 1 aliphatic carbocycles. The van der Waals surface area contributed by atoms with E-state index in [9.17, 15) is 18.0 Å². The van der Waals surface area contributed by atoms with Gasteiger partial charge in [0.25, 0.3) is 5.56 Å². The van der Waals surface area contributed by atoms with Gasteiger partial charge in [-0.15, -0.1) is 0 Å². The average molecular weight is 365 g/mol. The van der Waals surface area contributed by atoms with Crippen molar-refractivity contribution in [2.75, 3.05) is 0 Å². The molecule has 1 aliphatic rings. The van der Waals surface area contributed by atoms with Gasteiger partial charge in [-0.3, -0.25) is 4.79 Å². The van der Waals surface area contributed by atoms with Crippen LogP contribution < -0.4 is 5.56 Å². The molecule has 0 unspecified atom stereocenters. The highest BCUT2D eigenvalue weighted by Crippen LogP contribution is 2.27. The van der Waals surface area contributed by atoms with Gasteiger partial charge in [-0.2, -0.15) is 13.2 Å². The Kier molecular flexibility index (Phi) is 4.41. The van der Waals surface area contributed by atoms with Crippen LogP contribution in [0.2, 0.25) is 5.15 Å². The second-order valence-corrected chi connectivity index (χ2v) is 6.49. The number of aromatic amines is 1. The van der Waals surface area contributed by atoms with Crippen molar-refractivity contribution in [3.05, 3.63) is 38.8 Å². The van der Waals surface area contributed by atoms with Gasteiger partial charge in [0, 0.05) is 11.3 Å². The van der Waals surface area contributed by atoms with Crippen LogP contribution in [0.25, 0.3) is 0 Å². The third kappa shape index (κ3) is 3.72. The van der Waals surface area contributed by atoms with Gasteiger partial charge in [-0.05, 0) is 19.3 Å². The number of hydrogen-bond acceptors (Lipinski definition) is 4. The summed E-state index contributed by atoms with van der Waals surface area (Å²) in [6.07, 6.45) is -0.940. The number of nitrogens with zero attached hydrogens (tertiary/aromatic N) is 3. The molecule has 3 rings (SSSR count). The molecule has 0 atom stereocenters. The van der Waals surface area contributed by atoms with Crippen molar-refractivity contribution < 1.29 is 13.2 Å². The molecule has 2 aromatic heterocycles. The molecule has 0 radical (unpaired) electrons. The highest BCUT2D eigenvalue weighted by Gasteiger charge is 2.29. The number of thioether (sulfide) groups is 1. The molecule has 0 saturated heterocycles. The number of halogens is 4. The quantitative estimate of drug-likeness (QED) is 0.669. The summed E-state index contributed by atoms with van der Waals surface area (Å²) >= 11 is 6.99. The Bertz CT molecular complexity index is 787. The number of H-pyrrole nitrogens is 1. The number of imidazole rings is 1. The van der Waals surface area contributed by atoms with Gasteiger partial charge in [0.1, 0.15) is 6.54 Å². The SMILES string of the molecule is O=c1[nH]c(SCc2c(Cl)ncn2CC(F)(F)F)nc2c1CCC2. The highest BCUT2D eigenvalue weighted by atomic mass is 35.5. The lowest BCUT2D eigenvalue weighted by molar-refractivity contribution is -0.140. The molecule has 0 bridgehead atoms. The zero-order valence-electron chi connectivity index (χ0n) is 11.8. The topological polar surface area (TPSA) is 63.6 Å². The second-order valence-electron chi connectivity index (χ2n) is 5.16. The summed E-state index contributed by atoms with van der Waals surface area (Å²) in [5, 5.41) is 0.400. The normalized spacial score (nSPS) is 14.3. The maximum Gasteiger partial charge on any atom is 0.406 e. The van der Waals surface area contributed by atoms with Gasteiger partial charge in [0.2, 0.25) is 0 Å². The second kappa shape index (κ2) is 6.20. The minimum Gasteiger partial charge on any atom is -0.323 e. The Morgan fingerprint density at radius 3 is 2.91 bits per heavy atom. The van der Waals surface area contributed by atoms with Crippen LogP contribution in [0.4, 0.5) is 13.2 Å². The standard InChI is InChI=1S/C13H12ClF3N4OS/c14-10-9(21(6-18-10)5-13(15,16)17)4-23-12-19-8-3-1-2-7(8)11(22)20-12/h6H,1-5H2,(H,19,20,22). The van der Waals surface area contributed by atoms with Crippen LogP contribution in [0.1, 0.15) is 23.4 Å². The van der Waals surface area contributed by atoms with Crippen LogP contribution in [-0.2, 0) is 25.1 Å². The molecule has 0 saturated carbocycles. The molecule has 0 fully saturated rings. The predicted octanol–water partition coefficient (Wildman–Crippen LogP) is 2.96. The van der Waals surface area contributed by atoms with E-state index in [0.29, 0.717) is 17.1 Å². The van der Waals surface area contributed by atoms with Gasteiger partial charge in [0.15, 0.2) is 10.3 Å². The fourth-order valence-corrected chi connectivity index (χ4v) is 3.69. The lowest BCUT2D eigenvalue weighted by Gasteiger charge is -2.11. The first kappa shape index (κ1) is 16.4. The van der Waals surface area contributed by atoms with Gasteiger partial charge in [0.05, 0.1) is 17.7 Å². The predicted molar refractivity (Wildman–Crippen MR) is 79.7 cm³/mol. The number of rotatable bonds is 4. The molecular formula is C13H12ClF3N4OS. The Morgan fingerprint density at radius 1 is 1.39 bits per heavy atom. The van der Waals surface area contributed by atoms with Crippen LogP contribution in [-0.4, -0.2) is 25.7 Å². The van der Waals surface area contributed by atoms with Gasteiger partial charge in [-0.1, -0.05) is 23.4 Å². The maximum absolute atomic E-state index is 12.5. The van der Waals surface area contributed by atoms with E-state index in [1.54, 1.807) is 0 Å². The fourth-order valence-electron chi connectivity index (χ4n) is 2.48. The van der Waals surface area contributed by atoms with Crippen molar-refractivity contribution in [3.63, 3.8) is 0 Å². The molecule has 2 heterocycles. The summed E-state index contributed by atoms with van der Waals surface area (Å²) in [6.45, 7) is -1.16. The molecule has 2 aromatic rings. The third-order valence-electron chi connectivity index (χ3n) is 3.51. The number of hydrogen-bond donors (Lipinski definition) is 1. The van der Waals surface area contributed by atoms with E-state index in [1.165, 1.54) is 0 Å². The molecule has 0 spiro atoms. The Morgan fingerprint density at radius 2 is 2.17 bits per heavy atom. The summed E-state index contributed by atoms with van der Waals surface area (Å²) < 4.78 is 38.6. The number of fused-ring (bicyclic) bond motifs is 1. The summed E-state index contributed by atoms with van der Waals surface area (Å²) in [5.74, 6) is 0.136. The summed E-state index contributed by atoms with van der Waals surface area (Å²) in [4.78, 5) is 22.6. The highest BCUT2D eigenvalue weighted by molar-refractivity contribution is 7.98. The largest absolute Gasteiger partial charge is 0.406 e. The molecule has 0 aromatic carbocycles. The van der Waals surface area contributed by atoms with E-state index < -0.39 is 12.7 Å². The third-order valence-corrected chi connectivity index (χ3v) is 4.71. The monoisotopic (exact) mass is 364 g/mol. The summed E-state index contributed by atoms with van der Waals surface area (Å²) in [5.41, 5.74) is 1.54. The first-order chi connectivity index (χ1) is 10.8. The van der Waals surface area contributed by atoms with E-state index in [0.717, 1.165) is 41.2 Å². The Hall–Kier alpha value is -1.48. The van der Waals surface area contributed by atoms with E-state index in [1.807, 2.05) is 0 Å². The molecule has 0 aliphatic heterocycles. The first-order valence-corrected chi connectivity index (χ1v) is 8.21. The van der Waals surface area contributed by atoms with Crippen LogP contribution in [0.15, 0.2) is 16.3 Å². The molecule has 1 N–H and O–H groups in total. The van der Waals surface area contributed by atoms with Gasteiger partial charge in [-0.25, -0.2) is 9.97 Å². The summed E-state index contributed by atoms with van der Waals surface area (Å²) in [6, 6.07) is 0. The van der Waals surface area contributed by atoms with Gasteiger partial charge >= 0.3 is 6.18 Å². The average Bonchev–Trinajstić information content (AvgIpc) is 3.03. The van der Waals surface area contributed by atoms with Crippen molar-refractivity contribution in [2.24, 2.45) is 0 Å². The Labute approximate surface area is 138 Å². The van der Waals surface area contributed by atoms with E-state index in [4.69, 9.17) is 11.6 Å². The van der Waals surface area contributed by atoms with Crippen LogP contribution in [0, 0.1) is 0 Å². The zero-order valence-corrected chi connectivity index (χ0v) is 13.4. The first-order valence-electron chi connectivity index (χ1n) is 6.84. The molecular weight excluding hydrogens is 353 g/mol. The number of nitrogens with one attached hydrogen (secondary N) is 1. The van der Waals surface area contributed by atoms with Crippen molar-refractivity contribution in [1.82, 2.24) is 19.5 Å². The summed E-state index contributed by atoms with van der Waals surface area (Å²) in [7, 11) is 0. The van der Waals surface area contributed by atoms with Crippen molar-refractivity contribution in [3.8, 4) is 0 Å². The molecule has 0 amide bonds. The molecule has 124 valence electrons. The van der Waals surface area contributed by atoms with Crippen molar-refractivity contribution >= 4 is 23.4 Å². The van der Waals surface area contributed by atoms with E-state index in [-0.39, 0.29) is 22.2 Å². The lowest BCUT2D eigenvalue weighted by atomic mass is 10.3. The smallest absolute Gasteiger partial charge is 0.323 e. The van der Waals surface area contributed by atoms with Crippen LogP contribution >= 0.6 is 23.4 Å². The maximum atomic E-state index is 12.5. The minimum absolute atomic E-state index is 0.0188. The number of aryl methyl sites for hydroxylation is 1. The van der Waals surface area contributed by atoms with Gasteiger partial charge < -0.3 is 9.55 Å². The molecule has 10 heteroatoms. The number of alkyl halides is 3. The molecule has 5 nitrogen and oxygen atoms in total. The van der Waals surface area contributed by atoms with Crippen molar-refractivity contribution in [2.45, 2.75) is 42.9 Å². The number of aromatic nitrogens is 4. The van der Waals surface area contributed by atoms with E-state index >= 15 is 0 Å². The van der Waals surface area contributed by atoms with Crippen LogP contribution in [0.3, 0.4) is 0 Å². The lowest BCUT2D eigenvalue weighted by Crippen LogP contribution is -2.18. The molecule has 23 heavy (non-hydrogen) atoms. The van der Waals surface area contributed by atoms with E-state index in [2.05, 4.69) is 15.0 Å².